The van der Waals surface area contributed by atoms with Crippen LogP contribution in [0.5, 0.6) is 11.5 Å². The fraction of sp³-hybridized carbons (Fsp3) is 0.250. The molecule has 0 fully saturated rings. The minimum absolute atomic E-state index is 0.265. The van der Waals surface area contributed by atoms with E-state index in [0.29, 0.717) is 12.5 Å². The average Bonchev–Trinajstić information content (AvgIpc) is 2.37. The Morgan fingerprint density at radius 3 is 2.63 bits per heavy atom. The third-order valence-electron chi connectivity index (χ3n) is 2.90. The molecule has 2 nitrogen and oxygen atoms in total. The third-order valence-corrected chi connectivity index (χ3v) is 3.39. The van der Waals surface area contributed by atoms with E-state index in [-0.39, 0.29) is 5.75 Å². The maximum Gasteiger partial charge on any atom is 0.123 e. The van der Waals surface area contributed by atoms with Crippen molar-refractivity contribution in [1.29, 1.82) is 0 Å². The lowest BCUT2D eigenvalue weighted by atomic mass is 10.0. The van der Waals surface area contributed by atoms with Crippen LogP contribution < -0.4 is 4.74 Å². The van der Waals surface area contributed by atoms with Gasteiger partial charge >= 0.3 is 0 Å². The van der Waals surface area contributed by atoms with Crippen molar-refractivity contribution in [2.75, 3.05) is 0 Å². The Balaban J connectivity index is 2.15. The molecule has 0 spiro atoms. The fourth-order valence-electron chi connectivity index (χ4n) is 1.91. The van der Waals surface area contributed by atoms with Crippen molar-refractivity contribution in [2.45, 2.75) is 26.4 Å². The second-order valence-corrected chi connectivity index (χ2v) is 5.71. The largest absolute Gasteiger partial charge is 0.508 e. The van der Waals surface area contributed by atoms with Gasteiger partial charge in [0.15, 0.2) is 0 Å². The number of hydrogen-bond donors (Lipinski definition) is 1. The number of phenols is 1. The molecule has 100 valence electrons. The number of rotatable bonds is 4. The van der Waals surface area contributed by atoms with Gasteiger partial charge in [0.25, 0.3) is 0 Å². The molecule has 0 amide bonds. The van der Waals surface area contributed by atoms with Gasteiger partial charge in [0, 0.05) is 4.47 Å². The molecule has 0 bridgehead atoms. The van der Waals surface area contributed by atoms with E-state index in [2.05, 4.69) is 35.8 Å². The molecule has 2 rings (SSSR count). The summed E-state index contributed by atoms with van der Waals surface area (Å²) in [6.07, 6.45) is 0. The van der Waals surface area contributed by atoms with Crippen LogP contribution in [0.4, 0.5) is 0 Å². The number of phenolic OH excluding ortho intramolecular Hbond substituents is 1. The van der Waals surface area contributed by atoms with Crippen molar-refractivity contribution in [3.63, 3.8) is 0 Å². The van der Waals surface area contributed by atoms with Gasteiger partial charge in [0.1, 0.15) is 18.1 Å². The zero-order chi connectivity index (χ0) is 13.8. The van der Waals surface area contributed by atoms with Crippen molar-refractivity contribution in [2.24, 2.45) is 0 Å². The second-order valence-electron chi connectivity index (χ2n) is 4.80. The molecule has 0 saturated carbocycles. The Kier molecular flexibility index (Phi) is 4.48. The highest BCUT2D eigenvalue weighted by Gasteiger charge is 2.08. The van der Waals surface area contributed by atoms with Crippen LogP contribution in [0.1, 0.15) is 30.9 Å². The highest BCUT2D eigenvalue weighted by Crippen LogP contribution is 2.30. The Morgan fingerprint density at radius 1 is 1.16 bits per heavy atom. The van der Waals surface area contributed by atoms with E-state index in [4.69, 9.17) is 4.74 Å². The first-order chi connectivity index (χ1) is 9.06. The molecule has 2 aromatic carbocycles. The van der Waals surface area contributed by atoms with Crippen LogP contribution in [0.25, 0.3) is 0 Å². The molecule has 0 saturated heterocycles. The van der Waals surface area contributed by atoms with Gasteiger partial charge in [0.2, 0.25) is 0 Å². The van der Waals surface area contributed by atoms with Gasteiger partial charge < -0.3 is 9.84 Å². The lowest BCUT2D eigenvalue weighted by molar-refractivity contribution is 0.301. The monoisotopic (exact) mass is 320 g/mol. The van der Waals surface area contributed by atoms with E-state index < -0.39 is 0 Å². The summed E-state index contributed by atoms with van der Waals surface area (Å²) in [4.78, 5) is 0. The summed E-state index contributed by atoms with van der Waals surface area (Å²) in [5.74, 6) is 1.55. The van der Waals surface area contributed by atoms with Crippen LogP contribution in [0.2, 0.25) is 0 Å². The minimum atomic E-state index is 0.265. The first-order valence-electron chi connectivity index (χ1n) is 6.26. The number of benzene rings is 2. The van der Waals surface area contributed by atoms with E-state index in [1.54, 1.807) is 12.1 Å². The smallest absolute Gasteiger partial charge is 0.123 e. The van der Waals surface area contributed by atoms with Crippen molar-refractivity contribution < 1.29 is 9.84 Å². The minimum Gasteiger partial charge on any atom is -0.508 e. The molecule has 0 radical (unpaired) electrons. The molecule has 0 aromatic heterocycles. The van der Waals surface area contributed by atoms with Crippen LogP contribution in [-0.2, 0) is 6.61 Å². The summed E-state index contributed by atoms with van der Waals surface area (Å²) < 4.78 is 6.92. The number of aromatic hydroxyl groups is 1. The van der Waals surface area contributed by atoms with Crippen molar-refractivity contribution in [1.82, 2.24) is 0 Å². The van der Waals surface area contributed by atoms with Gasteiger partial charge in [-0.05, 0) is 47.4 Å². The first-order valence-corrected chi connectivity index (χ1v) is 7.05. The lowest BCUT2D eigenvalue weighted by Crippen LogP contribution is -1.99. The van der Waals surface area contributed by atoms with E-state index in [1.165, 1.54) is 5.56 Å². The average molecular weight is 321 g/mol. The number of ether oxygens (including phenoxy) is 1. The Morgan fingerprint density at radius 2 is 1.95 bits per heavy atom. The quantitative estimate of drug-likeness (QED) is 0.871. The zero-order valence-electron chi connectivity index (χ0n) is 11.1. The highest BCUT2D eigenvalue weighted by atomic mass is 79.9. The highest BCUT2D eigenvalue weighted by molar-refractivity contribution is 9.10. The SMILES string of the molecule is CC(C)c1cc(Br)ccc1OCc1cccc(O)c1. The molecule has 0 aliphatic carbocycles. The molecule has 19 heavy (non-hydrogen) atoms. The van der Waals surface area contributed by atoms with Crippen molar-refractivity contribution in [3.05, 3.63) is 58.1 Å². The summed E-state index contributed by atoms with van der Waals surface area (Å²) >= 11 is 3.48. The maximum atomic E-state index is 9.43. The normalized spacial score (nSPS) is 10.7. The Labute approximate surface area is 122 Å². The Hall–Kier alpha value is -1.48. The van der Waals surface area contributed by atoms with E-state index in [1.807, 2.05) is 24.3 Å². The van der Waals surface area contributed by atoms with Gasteiger partial charge in [-0.2, -0.15) is 0 Å². The standard InChI is InChI=1S/C16H17BrO2/c1-11(2)15-9-13(17)6-7-16(15)19-10-12-4-3-5-14(18)8-12/h3-9,11,18H,10H2,1-2H3. The van der Waals surface area contributed by atoms with Crippen LogP contribution in [0, 0.1) is 0 Å². The summed E-state index contributed by atoms with van der Waals surface area (Å²) in [6, 6.07) is 13.2. The van der Waals surface area contributed by atoms with E-state index in [0.717, 1.165) is 15.8 Å². The first kappa shape index (κ1) is 13.9. The molecule has 2 aromatic rings. The van der Waals surface area contributed by atoms with Gasteiger partial charge in [0.05, 0.1) is 0 Å². The number of hydrogen-bond acceptors (Lipinski definition) is 2. The number of halogens is 1. The molecule has 0 aliphatic rings. The Bertz CT molecular complexity index is 564. The summed E-state index contributed by atoms with van der Waals surface area (Å²) in [6.45, 7) is 4.74. The van der Waals surface area contributed by atoms with Crippen LogP contribution in [0.15, 0.2) is 46.9 Å². The van der Waals surface area contributed by atoms with E-state index >= 15 is 0 Å². The summed E-state index contributed by atoms with van der Waals surface area (Å²) in [5, 5.41) is 9.43. The molecular weight excluding hydrogens is 304 g/mol. The van der Waals surface area contributed by atoms with Crippen molar-refractivity contribution >= 4 is 15.9 Å². The summed E-state index contributed by atoms with van der Waals surface area (Å²) in [5.41, 5.74) is 2.13. The molecular formula is C16H17BrO2. The molecule has 0 heterocycles. The topological polar surface area (TPSA) is 29.5 Å². The molecule has 0 unspecified atom stereocenters. The predicted octanol–water partition coefficient (Wildman–Crippen LogP) is 4.86. The summed E-state index contributed by atoms with van der Waals surface area (Å²) in [7, 11) is 0. The second kappa shape index (κ2) is 6.11. The molecule has 0 aliphatic heterocycles. The maximum absolute atomic E-state index is 9.43. The van der Waals surface area contributed by atoms with Crippen LogP contribution in [-0.4, -0.2) is 5.11 Å². The van der Waals surface area contributed by atoms with Crippen LogP contribution in [0.3, 0.4) is 0 Å². The van der Waals surface area contributed by atoms with Crippen LogP contribution >= 0.6 is 15.9 Å². The lowest BCUT2D eigenvalue weighted by Gasteiger charge is -2.14. The zero-order valence-corrected chi connectivity index (χ0v) is 12.6. The molecule has 0 atom stereocenters. The van der Waals surface area contributed by atoms with E-state index in [9.17, 15) is 5.11 Å². The van der Waals surface area contributed by atoms with Gasteiger partial charge in [-0.1, -0.05) is 41.9 Å². The molecule has 3 heteroatoms. The third kappa shape index (κ3) is 3.74. The van der Waals surface area contributed by atoms with Gasteiger partial charge in [-0.15, -0.1) is 0 Å². The van der Waals surface area contributed by atoms with Crippen molar-refractivity contribution in [3.8, 4) is 11.5 Å². The fourth-order valence-corrected chi connectivity index (χ4v) is 2.29. The predicted molar refractivity (Wildman–Crippen MR) is 80.7 cm³/mol. The van der Waals surface area contributed by atoms with Gasteiger partial charge in [-0.25, -0.2) is 0 Å². The van der Waals surface area contributed by atoms with Gasteiger partial charge in [-0.3, -0.25) is 0 Å². The molecule has 1 N–H and O–H groups in total.